The molecule has 1 aromatic rings. The van der Waals surface area contributed by atoms with Crippen LogP contribution in [0.1, 0.15) is 18.9 Å². The zero-order chi connectivity index (χ0) is 13.7. The molecule has 0 aromatic heterocycles. The van der Waals surface area contributed by atoms with E-state index in [1.807, 2.05) is 23.1 Å². The highest BCUT2D eigenvalue weighted by Gasteiger charge is 2.28. The van der Waals surface area contributed by atoms with Crippen molar-refractivity contribution in [1.29, 1.82) is 0 Å². The number of nitrogens with zero attached hydrogens (tertiary/aromatic N) is 1. The van der Waals surface area contributed by atoms with Crippen molar-refractivity contribution in [2.75, 3.05) is 26.2 Å². The first-order chi connectivity index (χ1) is 9.24. The maximum atomic E-state index is 11.7. The lowest BCUT2D eigenvalue weighted by Crippen LogP contribution is -2.30. The van der Waals surface area contributed by atoms with Crippen LogP contribution >= 0.6 is 0 Å². The second-order valence-electron chi connectivity index (χ2n) is 4.96. The molecule has 0 aliphatic carbocycles. The molecular weight excluding hydrogens is 240 g/mol. The van der Waals surface area contributed by atoms with Crippen molar-refractivity contribution in [2.45, 2.75) is 19.8 Å². The highest BCUT2D eigenvalue weighted by Crippen LogP contribution is 2.19. The van der Waals surface area contributed by atoms with Crippen LogP contribution in [0.15, 0.2) is 24.3 Å². The molecule has 4 nitrogen and oxygen atoms in total. The van der Waals surface area contributed by atoms with Crippen molar-refractivity contribution < 1.29 is 9.53 Å². The van der Waals surface area contributed by atoms with Crippen LogP contribution < -0.4 is 10.5 Å². The second-order valence-corrected chi connectivity index (χ2v) is 4.96. The van der Waals surface area contributed by atoms with Crippen molar-refractivity contribution in [3.05, 3.63) is 29.8 Å². The third kappa shape index (κ3) is 3.47. The minimum Gasteiger partial charge on any atom is -0.491 e. The molecule has 19 heavy (non-hydrogen) atoms. The molecule has 1 aliphatic heterocycles. The van der Waals surface area contributed by atoms with E-state index < -0.39 is 0 Å². The first-order valence-electron chi connectivity index (χ1n) is 6.93. The van der Waals surface area contributed by atoms with Crippen molar-refractivity contribution in [3.63, 3.8) is 0 Å². The number of benzene rings is 1. The molecule has 2 rings (SSSR count). The molecule has 1 amide bonds. The van der Waals surface area contributed by atoms with Crippen molar-refractivity contribution in [3.8, 4) is 5.75 Å². The lowest BCUT2D eigenvalue weighted by atomic mass is 10.1. The fourth-order valence-electron chi connectivity index (χ4n) is 2.43. The van der Waals surface area contributed by atoms with Crippen LogP contribution in [0.25, 0.3) is 0 Å². The fraction of sp³-hybridized carbons (Fsp3) is 0.533. The Labute approximate surface area is 114 Å². The van der Waals surface area contributed by atoms with Gasteiger partial charge in [-0.3, -0.25) is 4.79 Å². The van der Waals surface area contributed by atoms with Gasteiger partial charge in [0.2, 0.25) is 5.91 Å². The van der Waals surface area contributed by atoms with E-state index in [9.17, 15) is 4.79 Å². The van der Waals surface area contributed by atoms with Crippen LogP contribution in [-0.2, 0) is 11.2 Å². The molecule has 1 fully saturated rings. The number of rotatable bonds is 6. The maximum Gasteiger partial charge on any atom is 0.223 e. The number of para-hydroxylation sites is 1. The third-order valence-electron chi connectivity index (χ3n) is 3.60. The van der Waals surface area contributed by atoms with E-state index in [1.54, 1.807) is 0 Å². The van der Waals surface area contributed by atoms with E-state index in [4.69, 9.17) is 10.5 Å². The molecule has 1 atom stereocenters. The Morgan fingerprint density at radius 2 is 2.21 bits per heavy atom. The van der Waals surface area contributed by atoms with Gasteiger partial charge in [0, 0.05) is 13.0 Å². The average molecular weight is 262 g/mol. The van der Waals surface area contributed by atoms with Gasteiger partial charge in [0.25, 0.3) is 0 Å². The molecule has 0 spiro atoms. The van der Waals surface area contributed by atoms with Crippen molar-refractivity contribution in [2.24, 2.45) is 11.7 Å². The summed E-state index contributed by atoms with van der Waals surface area (Å²) in [6, 6.07) is 8.04. The molecule has 1 aromatic carbocycles. The number of hydrogen-bond acceptors (Lipinski definition) is 3. The largest absolute Gasteiger partial charge is 0.491 e. The number of aryl methyl sites for hydroxylation is 1. The molecular formula is C15H22N2O2. The van der Waals surface area contributed by atoms with Crippen LogP contribution in [0.4, 0.5) is 0 Å². The third-order valence-corrected chi connectivity index (χ3v) is 3.60. The van der Waals surface area contributed by atoms with Crippen LogP contribution in [0.2, 0.25) is 0 Å². The Kier molecular flexibility index (Phi) is 4.80. The molecule has 0 radical (unpaired) electrons. The molecule has 1 aliphatic rings. The molecule has 1 saturated heterocycles. The second kappa shape index (κ2) is 6.57. The molecule has 1 unspecified atom stereocenters. The molecule has 0 saturated carbocycles. The normalized spacial score (nSPS) is 18.9. The fourth-order valence-corrected chi connectivity index (χ4v) is 2.43. The van der Waals surface area contributed by atoms with E-state index in [1.165, 1.54) is 5.56 Å². The summed E-state index contributed by atoms with van der Waals surface area (Å²) in [6.45, 7) is 4.65. The summed E-state index contributed by atoms with van der Waals surface area (Å²) < 4.78 is 5.78. The number of amides is 1. The van der Waals surface area contributed by atoms with Crippen LogP contribution in [-0.4, -0.2) is 37.0 Å². The summed E-state index contributed by atoms with van der Waals surface area (Å²) in [5.74, 6) is 1.44. The molecule has 1 heterocycles. The summed E-state index contributed by atoms with van der Waals surface area (Å²) in [7, 11) is 0. The summed E-state index contributed by atoms with van der Waals surface area (Å²) in [4.78, 5) is 13.6. The van der Waals surface area contributed by atoms with E-state index in [0.29, 0.717) is 32.0 Å². The number of nitrogens with two attached hydrogens (primary N) is 1. The van der Waals surface area contributed by atoms with Gasteiger partial charge in [-0.05, 0) is 30.5 Å². The van der Waals surface area contributed by atoms with E-state index in [2.05, 4.69) is 13.0 Å². The smallest absolute Gasteiger partial charge is 0.223 e. The zero-order valence-electron chi connectivity index (χ0n) is 11.5. The topological polar surface area (TPSA) is 55.6 Å². The number of carbonyl (C=O) groups excluding carboxylic acids is 1. The van der Waals surface area contributed by atoms with Crippen LogP contribution in [0.5, 0.6) is 5.75 Å². The number of carbonyl (C=O) groups is 1. The monoisotopic (exact) mass is 262 g/mol. The van der Waals surface area contributed by atoms with Crippen molar-refractivity contribution in [1.82, 2.24) is 4.90 Å². The summed E-state index contributed by atoms with van der Waals surface area (Å²) in [6.07, 6.45) is 1.54. The van der Waals surface area contributed by atoms with Gasteiger partial charge in [0.05, 0.1) is 6.54 Å². The molecule has 104 valence electrons. The van der Waals surface area contributed by atoms with Gasteiger partial charge in [0.15, 0.2) is 0 Å². The first-order valence-corrected chi connectivity index (χ1v) is 6.93. The zero-order valence-corrected chi connectivity index (χ0v) is 11.5. The number of likely N-dealkylation sites (tertiary alicyclic amines) is 1. The SMILES string of the molecule is CCc1ccccc1OCCN1CC(CN)CC1=O. The van der Waals surface area contributed by atoms with Gasteiger partial charge in [-0.25, -0.2) is 0 Å². The summed E-state index contributed by atoms with van der Waals surface area (Å²) >= 11 is 0. The van der Waals surface area contributed by atoms with Gasteiger partial charge < -0.3 is 15.4 Å². The lowest BCUT2D eigenvalue weighted by molar-refractivity contribution is -0.128. The maximum absolute atomic E-state index is 11.7. The Morgan fingerprint density at radius 1 is 1.42 bits per heavy atom. The van der Waals surface area contributed by atoms with Crippen molar-refractivity contribution >= 4 is 5.91 Å². The lowest BCUT2D eigenvalue weighted by Gasteiger charge is -2.17. The summed E-state index contributed by atoms with van der Waals surface area (Å²) in [5, 5.41) is 0. The quantitative estimate of drug-likeness (QED) is 0.844. The summed E-state index contributed by atoms with van der Waals surface area (Å²) in [5.41, 5.74) is 6.81. The Bertz CT molecular complexity index is 434. The molecule has 2 N–H and O–H groups in total. The van der Waals surface area contributed by atoms with Gasteiger partial charge in [0.1, 0.15) is 12.4 Å². The number of hydrogen-bond donors (Lipinski definition) is 1. The first kappa shape index (κ1) is 13.9. The molecule has 4 heteroatoms. The predicted octanol–water partition coefficient (Wildman–Crippen LogP) is 1.43. The predicted molar refractivity (Wildman–Crippen MR) is 75.1 cm³/mol. The Hall–Kier alpha value is -1.55. The van der Waals surface area contributed by atoms with Gasteiger partial charge in [-0.15, -0.1) is 0 Å². The Balaban J connectivity index is 1.82. The van der Waals surface area contributed by atoms with E-state index in [0.717, 1.165) is 18.7 Å². The number of ether oxygens (including phenoxy) is 1. The van der Waals surface area contributed by atoms with E-state index in [-0.39, 0.29) is 5.91 Å². The minimum absolute atomic E-state index is 0.197. The van der Waals surface area contributed by atoms with Crippen LogP contribution in [0.3, 0.4) is 0 Å². The minimum atomic E-state index is 0.197. The van der Waals surface area contributed by atoms with E-state index >= 15 is 0 Å². The highest BCUT2D eigenvalue weighted by molar-refractivity contribution is 5.78. The van der Waals surface area contributed by atoms with Gasteiger partial charge >= 0.3 is 0 Å². The average Bonchev–Trinajstić information content (AvgIpc) is 2.80. The van der Waals surface area contributed by atoms with Crippen LogP contribution in [0, 0.1) is 5.92 Å². The Morgan fingerprint density at radius 3 is 2.89 bits per heavy atom. The van der Waals surface area contributed by atoms with Gasteiger partial charge in [-0.2, -0.15) is 0 Å². The highest BCUT2D eigenvalue weighted by atomic mass is 16.5. The van der Waals surface area contributed by atoms with Gasteiger partial charge in [-0.1, -0.05) is 25.1 Å². The molecule has 0 bridgehead atoms. The standard InChI is InChI=1S/C15H22N2O2/c1-2-13-5-3-4-6-14(13)19-8-7-17-11-12(10-16)9-15(17)18/h3-6,12H,2,7-11,16H2,1H3.